The molecule has 0 radical (unpaired) electrons. The van der Waals surface area contributed by atoms with Crippen molar-refractivity contribution in [2.24, 2.45) is 11.1 Å². The van der Waals surface area contributed by atoms with E-state index in [9.17, 15) is 10.1 Å². The van der Waals surface area contributed by atoms with E-state index in [1.807, 2.05) is 17.9 Å². The first-order valence-corrected chi connectivity index (χ1v) is 11.4. The van der Waals surface area contributed by atoms with Crippen LogP contribution >= 0.6 is 15.9 Å². The number of nitriles is 1. The molecule has 0 bridgehead atoms. The number of rotatable bonds is 7. The first-order chi connectivity index (χ1) is 15.2. The fourth-order valence-corrected chi connectivity index (χ4v) is 5.08. The number of hydrogen-bond acceptors (Lipinski definition) is 7. The van der Waals surface area contributed by atoms with Gasteiger partial charge in [0.1, 0.15) is 5.82 Å². The van der Waals surface area contributed by atoms with Gasteiger partial charge in [0.05, 0.1) is 37.9 Å². The van der Waals surface area contributed by atoms with Crippen molar-refractivity contribution >= 4 is 21.7 Å². The number of ketones is 1. The van der Waals surface area contributed by atoms with E-state index in [1.165, 1.54) is 0 Å². The topological polar surface area (TPSA) is 97.8 Å². The van der Waals surface area contributed by atoms with E-state index in [2.05, 4.69) is 35.8 Å². The molecule has 0 fully saturated rings. The Hall–Kier alpha value is -2.50. The molecular weight excluding hydrogens is 474 g/mol. The van der Waals surface area contributed by atoms with Gasteiger partial charge in [-0.3, -0.25) is 4.79 Å². The van der Waals surface area contributed by atoms with Crippen molar-refractivity contribution < 1.29 is 19.0 Å². The highest BCUT2D eigenvalue weighted by molar-refractivity contribution is 9.10. The predicted octanol–water partition coefficient (Wildman–Crippen LogP) is 4.24. The molecular formula is C24H30BrN3O4. The molecule has 3 rings (SSSR count). The Balaban J connectivity index is 2.28. The molecule has 1 aromatic rings. The minimum absolute atomic E-state index is 0.0320. The van der Waals surface area contributed by atoms with Crippen LogP contribution in [0.4, 0.5) is 0 Å². The lowest BCUT2D eigenvalue weighted by Gasteiger charge is -2.44. The van der Waals surface area contributed by atoms with Crippen molar-refractivity contribution in [3.63, 3.8) is 0 Å². The number of Topliss-reactive ketones (excluding diaryl/α,β-unsaturated/α-hetero) is 1. The number of nitrogens with zero attached hydrogens (tertiary/aromatic N) is 2. The first kappa shape index (κ1) is 24.1. The molecule has 1 aliphatic carbocycles. The average Bonchev–Trinajstić information content (AvgIpc) is 2.73. The van der Waals surface area contributed by atoms with E-state index in [-0.39, 0.29) is 11.2 Å². The molecule has 8 heteroatoms. The Kier molecular flexibility index (Phi) is 7.21. The van der Waals surface area contributed by atoms with E-state index in [1.54, 1.807) is 20.3 Å². The molecule has 0 spiro atoms. The number of nitrogens with two attached hydrogens (primary N) is 1. The van der Waals surface area contributed by atoms with Crippen LogP contribution in [0.5, 0.6) is 11.5 Å². The summed E-state index contributed by atoms with van der Waals surface area (Å²) >= 11 is 3.63. The Morgan fingerprint density at radius 1 is 1.28 bits per heavy atom. The molecule has 2 N–H and O–H groups in total. The number of ether oxygens (including phenoxy) is 3. The quantitative estimate of drug-likeness (QED) is 0.593. The van der Waals surface area contributed by atoms with E-state index in [0.717, 1.165) is 15.7 Å². The van der Waals surface area contributed by atoms with Gasteiger partial charge in [0.2, 0.25) is 0 Å². The van der Waals surface area contributed by atoms with Gasteiger partial charge in [0, 0.05) is 35.8 Å². The predicted molar refractivity (Wildman–Crippen MR) is 125 cm³/mol. The molecule has 1 aliphatic heterocycles. The third-order valence-corrected chi connectivity index (χ3v) is 6.59. The first-order valence-electron chi connectivity index (χ1n) is 10.6. The molecule has 1 atom stereocenters. The van der Waals surface area contributed by atoms with Crippen LogP contribution < -0.4 is 15.2 Å². The lowest BCUT2D eigenvalue weighted by atomic mass is 9.68. The molecule has 0 saturated heterocycles. The zero-order valence-electron chi connectivity index (χ0n) is 19.3. The van der Waals surface area contributed by atoms with Gasteiger partial charge in [0.25, 0.3) is 0 Å². The molecule has 0 aromatic heterocycles. The third-order valence-electron chi connectivity index (χ3n) is 5.90. The maximum atomic E-state index is 13.5. The maximum Gasteiger partial charge on any atom is 0.162 e. The molecule has 1 heterocycles. The molecule has 32 heavy (non-hydrogen) atoms. The van der Waals surface area contributed by atoms with Crippen LogP contribution in [0.2, 0.25) is 0 Å². The van der Waals surface area contributed by atoms with Crippen LogP contribution in [-0.4, -0.2) is 44.7 Å². The SMILES string of the molecule is CCOc1cc([C@@H]2C(C#N)=C(N)N(CCOC)C3=C2C(=O)CC(C)(C)C3)c(Br)cc1OC. The summed E-state index contributed by atoms with van der Waals surface area (Å²) in [6.45, 7) is 7.40. The lowest BCUT2D eigenvalue weighted by molar-refractivity contribution is -0.118. The fraction of sp³-hybridized carbons (Fsp3) is 0.500. The van der Waals surface area contributed by atoms with Gasteiger partial charge in [-0.1, -0.05) is 29.8 Å². The molecule has 0 amide bonds. The zero-order valence-corrected chi connectivity index (χ0v) is 20.8. The standard InChI is InChI=1S/C24H30BrN3O4/c1-6-32-20-9-14(16(25)10-19(20)31-5)21-15(13-26)23(27)28(7-8-30-4)17-11-24(2,3)12-18(29)22(17)21/h9-10,21H,6-8,11-12,27H2,1-5H3/t21-/m1/s1. The van der Waals surface area contributed by atoms with Crippen LogP contribution in [0.15, 0.2) is 39.3 Å². The van der Waals surface area contributed by atoms with Crippen molar-refractivity contribution in [1.82, 2.24) is 4.90 Å². The summed E-state index contributed by atoms with van der Waals surface area (Å²) < 4.78 is 17.2. The summed E-state index contributed by atoms with van der Waals surface area (Å²) in [5.41, 5.74) is 8.94. The normalized spacial score (nSPS) is 20.2. The number of methoxy groups -OCH3 is 2. The summed E-state index contributed by atoms with van der Waals surface area (Å²) in [4.78, 5) is 15.4. The number of allylic oxidation sites excluding steroid dienone is 3. The summed E-state index contributed by atoms with van der Waals surface area (Å²) in [5.74, 6) is 0.929. The van der Waals surface area contributed by atoms with Gasteiger partial charge in [-0.15, -0.1) is 0 Å². The third kappa shape index (κ3) is 4.37. The smallest absolute Gasteiger partial charge is 0.162 e. The van der Waals surface area contributed by atoms with Gasteiger partial charge in [-0.05, 0) is 36.5 Å². The van der Waals surface area contributed by atoms with E-state index < -0.39 is 5.92 Å². The van der Waals surface area contributed by atoms with Gasteiger partial charge >= 0.3 is 0 Å². The second kappa shape index (κ2) is 9.55. The van der Waals surface area contributed by atoms with Crippen LogP contribution in [0.3, 0.4) is 0 Å². The molecule has 172 valence electrons. The Labute approximate surface area is 197 Å². The van der Waals surface area contributed by atoms with Crippen molar-refractivity contribution in [3.05, 3.63) is 44.8 Å². The van der Waals surface area contributed by atoms with E-state index in [0.29, 0.717) is 61.1 Å². The molecule has 0 unspecified atom stereocenters. The van der Waals surface area contributed by atoms with Crippen LogP contribution in [0.1, 0.15) is 45.1 Å². The van der Waals surface area contributed by atoms with Gasteiger partial charge in [-0.2, -0.15) is 5.26 Å². The van der Waals surface area contributed by atoms with Crippen LogP contribution in [-0.2, 0) is 9.53 Å². The minimum atomic E-state index is -0.586. The summed E-state index contributed by atoms with van der Waals surface area (Å²) in [6, 6.07) is 5.93. The molecule has 0 saturated carbocycles. The highest BCUT2D eigenvalue weighted by Crippen LogP contribution is 2.51. The highest BCUT2D eigenvalue weighted by atomic mass is 79.9. The number of carbonyl (C=O) groups is 1. The summed E-state index contributed by atoms with van der Waals surface area (Å²) in [6.07, 6.45) is 1.09. The van der Waals surface area contributed by atoms with Crippen molar-refractivity contribution in [3.8, 4) is 17.6 Å². The number of hydrogen-bond donors (Lipinski definition) is 1. The summed E-state index contributed by atoms with van der Waals surface area (Å²) in [7, 11) is 3.19. The molecule has 1 aromatic carbocycles. The summed E-state index contributed by atoms with van der Waals surface area (Å²) in [5, 5.41) is 10.1. The van der Waals surface area contributed by atoms with Gasteiger partial charge < -0.3 is 24.8 Å². The fourth-order valence-electron chi connectivity index (χ4n) is 4.52. The van der Waals surface area contributed by atoms with E-state index >= 15 is 0 Å². The van der Waals surface area contributed by atoms with E-state index in [4.69, 9.17) is 19.9 Å². The molecule has 2 aliphatic rings. The van der Waals surface area contributed by atoms with Crippen molar-refractivity contribution in [1.29, 1.82) is 5.26 Å². The zero-order chi connectivity index (χ0) is 23.6. The lowest BCUT2D eigenvalue weighted by Crippen LogP contribution is -2.43. The van der Waals surface area contributed by atoms with Crippen molar-refractivity contribution in [2.75, 3.05) is 34.0 Å². The number of benzene rings is 1. The highest BCUT2D eigenvalue weighted by Gasteiger charge is 2.44. The van der Waals surface area contributed by atoms with Gasteiger partial charge in [0.15, 0.2) is 17.3 Å². The Morgan fingerprint density at radius 3 is 2.59 bits per heavy atom. The monoisotopic (exact) mass is 503 g/mol. The minimum Gasteiger partial charge on any atom is -0.493 e. The largest absolute Gasteiger partial charge is 0.493 e. The van der Waals surface area contributed by atoms with Gasteiger partial charge in [-0.25, -0.2) is 0 Å². The maximum absolute atomic E-state index is 13.5. The Bertz CT molecular complexity index is 1020. The van der Waals surface area contributed by atoms with Crippen LogP contribution in [0.25, 0.3) is 0 Å². The number of carbonyl (C=O) groups excluding carboxylic acids is 1. The Morgan fingerprint density at radius 2 is 2.00 bits per heavy atom. The van der Waals surface area contributed by atoms with Crippen LogP contribution in [0, 0.1) is 16.7 Å². The van der Waals surface area contributed by atoms with Crippen molar-refractivity contribution in [2.45, 2.75) is 39.5 Å². The number of halogens is 1. The second-order valence-electron chi connectivity index (χ2n) is 8.75. The average molecular weight is 504 g/mol. The molecule has 7 nitrogen and oxygen atoms in total. The second-order valence-corrected chi connectivity index (χ2v) is 9.60.